The highest BCUT2D eigenvalue weighted by molar-refractivity contribution is 5.77. The summed E-state index contributed by atoms with van der Waals surface area (Å²) in [6.07, 6.45) is -4.08. The minimum Gasteiger partial charge on any atom is -0.440 e. The highest BCUT2D eigenvalue weighted by Crippen LogP contribution is 2.30. The Kier molecular flexibility index (Phi) is 5.46. The monoisotopic (exact) mass is 330 g/mol. The van der Waals surface area contributed by atoms with Crippen molar-refractivity contribution in [2.45, 2.75) is 31.5 Å². The largest absolute Gasteiger partial charge is 0.440 e. The number of ether oxygens (including phenoxy) is 1. The SMILES string of the molecule is O=C(CCNC(=O)OCC(F)(F)F)N[C@H]1CCc2ccccc21. The Morgan fingerprint density at radius 2 is 2.00 bits per heavy atom. The second-order valence-corrected chi connectivity index (χ2v) is 5.23. The zero-order chi connectivity index (χ0) is 16.9. The van der Waals surface area contributed by atoms with E-state index in [4.69, 9.17) is 0 Å². The molecule has 5 nitrogen and oxygen atoms in total. The molecule has 8 heteroatoms. The predicted octanol–water partition coefficient (Wildman–Crippen LogP) is 2.47. The molecule has 2 rings (SSSR count). The molecule has 126 valence electrons. The molecule has 0 radical (unpaired) electrons. The molecule has 0 spiro atoms. The van der Waals surface area contributed by atoms with Crippen LogP contribution in [0.15, 0.2) is 24.3 Å². The normalized spacial score (nSPS) is 16.6. The third-order valence-corrected chi connectivity index (χ3v) is 3.46. The van der Waals surface area contributed by atoms with Gasteiger partial charge in [-0.05, 0) is 24.0 Å². The van der Waals surface area contributed by atoms with Crippen molar-refractivity contribution in [3.8, 4) is 0 Å². The number of alkyl carbamates (subject to hydrolysis) is 1. The lowest BCUT2D eigenvalue weighted by Crippen LogP contribution is -2.33. The van der Waals surface area contributed by atoms with E-state index in [1.54, 1.807) is 0 Å². The van der Waals surface area contributed by atoms with Gasteiger partial charge in [-0.1, -0.05) is 24.3 Å². The number of rotatable bonds is 5. The van der Waals surface area contributed by atoms with Crippen molar-refractivity contribution in [1.29, 1.82) is 0 Å². The molecule has 1 atom stereocenters. The van der Waals surface area contributed by atoms with Crippen LogP contribution in [-0.4, -0.2) is 31.3 Å². The second kappa shape index (κ2) is 7.34. The predicted molar refractivity (Wildman–Crippen MR) is 75.7 cm³/mol. The Hall–Kier alpha value is -2.25. The fourth-order valence-electron chi connectivity index (χ4n) is 2.45. The van der Waals surface area contributed by atoms with Gasteiger partial charge in [-0.15, -0.1) is 0 Å². The Balaban J connectivity index is 1.67. The van der Waals surface area contributed by atoms with Crippen LogP contribution in [0.3, 0.4) is 0 Å². The molecule has 2 amide bonds. The van der Waals surface area contributed by atoms with E-state index < -0.39 is 18.9 Å². The molecule has 1 aromatic rings. The van der Waals surface area contributed by atoms with Crippen LogP contribution in [0.4, 0.5) is 18.0 Å². The molecule has 23 heavy (non-hydrogen) atoms. The van der Waals surface area contributed by atoms with Crippen LogP contribution < -0.4 is 10.6 Å². The lowest BCUT2D eigenvalue weighted by atomic mass is 10.1. The number of aryl methyl sites for hydroxylation is 1. The summed E-state index contributed by atoms with van der Waals surface area (Å²) in [5.41, 5.74) is 2.28. The van der Waals surface area contributed by atoms with Crippen LogP contribution in [0.1, 0.15) is 30.0 Å². The average molecular weight is 330 g/mol. The summed E-state index contributed by atoms with van der Waals surface area (Å²) in [4.78, 5) is 22.8. The van der Waals surface area contributed by atoms with Gasteiger partial charge in [0.25, 0.3) is 0 Å². The fourth-order valence-corrected chi connectivity index (χ4v) is 2.45. The van der Waals surface area contributed by atoms with Gasteiger partial charge >= 0.3 is 12.3 Å². The number of carbonyl (C=O) groups excluding carboxylic acids is 2. The second-order valence-electron chi connectivity index (χ2n) is 5.23. The summed E-state index contributed by atoms with van der Waals surface area (Å²) in [6.45, 7) is -1.74. The minimum atomic E-state index is -4.56. The zero-order valence-corrected chi connectivity index (χ0v) is 12.3. The first kappa shape index (κ1) is 17.1. The number of halogens is 3. The molecule has 2 N–H and O–H groups in total. The summed E-state index contributed by atoms with van der Waals surface area (Å²) in [6, 6.07) is 7.76. The standard InChI is InChI=1S/C15H17F3N2O3/c16-15(17,18)9-23-14(22)19-8-7-13(21)20-12-6-5-10-3-1-2-4-11(10)12/h1-4,12H,5-9H2,(H,19,22)(H,20,21)/t12-/m0/s1. The highest BCUT2D eigenvalue weighted by atomic mass is 19.4. The molecule has 0 saturated carbocycles. The Labute approximate surface area is 131 Å². The first-order valence-electron chi connectivity index (χ1n) is 7.20. The van der Waals surface area contributed by atoms with Crippen LogP contribution in [0.25, 0.3) is 0 Å². The first-order valence-corrected chi connectivity index (χ1v) is 7.20. The van der Waals surface area contributed by atoms with Crippen LogP contribution in [0.5, 0.6) is 0 Å². The van der Waals surface area contributed by atoms with Crippen LogP contribution in [0.2, 0.25) is 0 Å². The Morgan fingerprint density at radius 1 is 1.26 bits per heavy atom. The smallest absolute Gasteiger partial charge is 0.422 e. The van der Waals surface area contributed by atoms with Crippen molar-refractivity contribution in [2.24, 2.45) is 0 Å². The van der Waals surface area contributed by atoms with Crippen molar-refractivity contribution in [3.63, 3.8) is 0 Å². The number of nitrogens with one attached hydrogen (secondary N) is 2. The zero-order valence-electron chi connectivity index (χ0n) is 12.3. The molecule has 1 aliphatic carbocycles. The van der Waals surface area contributed by atoms with Crippen molar-refractivity contribution < 1.29 is 27.5 Å². The molecule has 1 aliphatic rings. The molecular weight excluding hydrogens is 313 g/mol. The number of alkyl halides is 3. The summed E-state index contributed by atoms with van der Waals surface area (Å²) >= 11 is 0. The van der Waals surface area contributed by atoms with E-state index >= 15 is 0 Å². The van der Waals surface area contributed by atoms with Crippen LogP contribution in [0, 0.1) is 0 Å². The first-order chi connectivity index (χ1) is 10.8. The maximum absolute atomic E-state index is 11.8. The summed E-state index contributed by atoms with van der Waals surface area (Å²) in [5.74, 6) is -0.275. The molecule has 0 bridgehead atoms. The van der Waals surface area contributed by atoms with Crippen LogP contribution in [-0.2, 0) is 16.0 Å². The van der Waals surface area contributed by atoms with E-state index in [1.165, 1.54) is 5.56 Å². The lowest BCUT2D eigenvalue weighted by Gasteiger charge is -2.14. The van der Waals surface area contributed by atoms with Gasteiger partial charge in [0.15, 0.2) is 6.61 Å². The summed E-state index contributed by atoms with van der Waals surface area (Å²) in [5, 5.41) is 4.96. The number of carbonyl (C=O) groups is 2. The van der Waals surface area contributed by atoms with Crippen molar-refractivity contribution in [1.82, 2.24) is 10.6 Å². The maximum atomic E-state index is 11.8. The van der Waals surface area contributed by atoms with E-state index in [9.17, 15) is 22.8 Å². The average Bonchev–Trinajstić information content (AvgIpc) is 2.88. The molecule has 0 unspecified atom stereocenters. The van der Waals surface area contributed by atoms with E-state index in [-0.39, 0.29) is 24.9 Å². The quantitative estimate of drug-likeness (QED) is 0.871. The highest BCUT2D eigenvalue weighted by Gasteiger charge is 2.29. The lowest BCUT2D eigenvalue weighted by molar-refractivity contribution is -0.160. The van der Waals surface area contributed by atoms with Gasteiger partial charge in [0, 0.05) is 13.0 Å². The van der Waals surface area contributed by atoms with Gasteiger partial charge < -0.3 is 15.4 Å². The number of amides is 2. The molecule has 0 fully saturated rings. The third kappa shape index (κ3) is 5.46. The van der Waals surface area contributed by atoms with Gasteiger partial charge in [0.1, 0.15) is 0 Å². The van der Waals surface area contributed by atoms with Gasteiger partial charge in [-0.25, -0.2) is 4.79 Å². The van der Waals surface area contributed by atoms with Gasteiger partial charge in [-0.3, -0.25) is 4.79 Å². The third-order valence-electron chi connectivity index (χ3n) is 3.46. The van der Waals surface area contributed by atoms with Gasteiger partial charge in [0.05, 0.1) is 6.04 Å². The summed E-state index contributed by atoms with van der Waals surface area (Å²) < 4.78 is 39.5. The number of benzene rings is 1. The van der Waals surface area contributed by atoms with Gasteiger partial charge in [-0.2, -0.15) is 13.2 Å². The van der Waals surface area contributed by atoms with Crippen molar-refractivity contribution >= 4 is 12.0 Å². The molecule has 0 aromatic heterocycles. The fraction of sp³-hybridized carbons (Fsp3) is 0.467. The topological polar surface area (TPSA) is 67.4 Å². The van der Waals surface area contributed by atoms with E-state index in [1.807, 2.05) is 24.3 Å². The van der Waals surface area contributed by atoms with E-state index in [0.717, 1.165) is 18.4 Å². The molecule has 1 aromatic carbocycles. The van der Waals surface area contributed by atoms with Gasteiger partial charge in [0.2, 0.25) is 5.91 Å². The van der Waals surface area contributed by atoms with E-state index in [0.29, 0.717) is 0 Å². The maximum Gasteiger partial charge on any atom is 0.422 e. The molecular formula is C15H17F3N2O3. The number of hydrogen-bond donors (Lipinski definition) is 2. The summed E-state index contributed by atoms with van der Waals surface area (Å²) in [7, 11) is 0. The molecule has 0 saturated heterocycles. The molecule has 0 heterocycles. The Morgan fingerprint density at radius 3 is 2.74 bits per heavy atom. The minimum absolute atomic E-state index is 0.0280. The van der Waals surface area contributed by atoms with E-state index in [2.05, 4.69) is 15.4 Å². The number of hydrogen-bond acceptors (Lipinski definition) is 3. The number of fused-ring (bicyclic) bond motifs is 1. The molecule has 0 aliphatic heterocycles. The Bertz CT molecular complexity index is 575. The van der Waals surface area contributed by atoms with Crippen molar-refractivity contribution in [2.75, 3.05) is 13.2 Å². The van der Waals surface area contributed by atoms with Crippen LogP contribution >= 0.6 is 0 Å². The van der Waals surface area contributed by atoms with Crippen molar-refractivity contribution in [3.05, 3.63) is 35.4 Å².